The van der Waals surface area contributed by atoms with Crippen LogP contribution in [0.1, 0.15) is 36.1 Å². The van der Waals surface area contributed by atoms with Crippen molar-refractivity contribution in [2.45, 2.75) is 19.3 Å². The van der Waals surface area contributed by atoms with Gasteiger partial charge in [0.1, 0.15) is 11.6 Å². The number of aromatic nitrogens is 3. The van der Waals surface area contributed by atoms with E-state index in [9.17, 15) is 10.5 Å². The molecule has 0 saturated heterocycles. The van der Waals surface area contributed by atoms with Crippen LogP contribution in [0.25, 0.3) is 66.4 Å². The van der Waals surface area contributed by atoms with E-state index in [-0.39, 0.29) is 5.41 Å². The Bertz CT molecular complexity index is 2580. The van der Waals surface area contributed by atoms with E-state index in [1.54, 1.807) is 0 Å². The van der Waals surface area contributed by atoms with Gasteiger partial charge in [0.25, 0.3) is 0 Å². The summed E-state index contributed by atoms with van der Waals surface area (Å²) in [6.45, 7) is 4.64. The zero-order chi connectivity index (χ0) is 30.4. The first kappa shape index (κ1) is 25.3. The molecule has 0 aliphatic heterocycles. The maximum atomic E-state index is 9.63. The first-order valence-electron chi connectivity index (χ1n) is 15.0. The molecule has 9 rings (SSSR count). The lowest BCUT2D eigenvalue weighted by Gasteiger charge is -2.21. The summed E-state index contributed by atoms with van der Waals surface area (Å²) < 4.78 is 4.40. The van der Waals surface area contributed by atoms with Gasteiger partial charge in [0.15, 0.2) is 0 Å². The molecule has 0 N–H and O–H groups in total. The molecule has 0 spiro atoms. The molecule has 5 aromatic carbocycles. The quantitative estimate of drug-likeness (QED) is 0.206. The van der Waals surface area contributed by atoms with E-state index in [0.717, 1.165) is 44.5 Å². The molecule has 1 aliphatic carbocycles. The Morgan fingerprint density at radius 1 is 0.511 bits per heavy atom. The molecule has 0 amide bonds. The van der Waals surface area contributed by atoms with Gasteiger partial charge in [-0.05, 0) is 89.0 Å². The summed E-state index contributed by atoms with van der Waals surface area (Å²) in [4.78, 5) is 5.31. The standard InChI is InChI=1S/C40H25N5/c1-40(2)32-10-5-3-8-26(32)28-21-37-31(20-33(28)40)27-9-4-6-11-34(27)45(37)39-13-7-12-38(43-39)44-35-16-14-24(22-41)18-29(35)30-19-25(23-42)15-17-36(30)44/h3-21H,1-2H3. The lowest BCUT2D eigenvalue weighted by molar-refractivity contribution is 0.661. The summed E-state index contributed by atoms with van der Waals surface area (Å²) in [5.74, 6) is 1.59. The predicted molar refractivity (Wildman–Crippen MR) is 180 cm³/mol. The third-order valence-corrected chi connectivity index (χ3v) is 9.58. The largest absolute Gasteiger partial charge is 0.294 e. The van der Waals surface area contributed by atoms with E-state index < -0.39 is 0 Å². The zero-order valence-corrected chi connectivity index (χ0v) is 24.7. The van der Waals surface area contributed by atoms with Crippen LogP contribution in [0.2, 0.25) is 0 Å². The average Bonchev–Trinajstić information content (AvgIpc) is 3.66. The molecule has 8 aromatic rings. The van der Waals surface area contributed by atoms with Crippen molar-refractivity contribution >= 4 is 43.6 Å². The number of fused-ring (bicyclic) bond motifs is 9. The highest BCUT2D eigenvalue weighted by Gasteiger charge is 2.36. The first-order chi connectivity index (χ1) is 22.0. The molecule has 0 radical (unpaired) electrons. The SMILES string of the molecule is CC1(C)c2ccccc2-c2cc3c(cc21)c1ccccc1n3-c1cccc(-n2c3ccc(C#N)cc3c3cc(C#N)ccc32)n1. The summed E-state index contributed by atoms with van der Waals surface area (Å²) in [5.41, 5.74) is 10.4. The van der Waals surface area contributed by atoms with Gasteiger partial charge in [0.2, 0.25) is 0 Å². The van der Waals surface area contributed by atoms with Crippen molar-refractivity contribution in [3.05, 3.63) is 138 Å². The van der Waals surface area contributed by atoms with Crippen LogP contribution in [0.4, 0.5) is 0 Å². The number of nitriles is 2. The molecule has 1 aliphatic rings. The Balaban J connectivity index is 1.33. The highest BCUT2D eigenvalue weighted by atomic mass is 15.1. The van der Waals surface area contributed by atoms with Gasteiger partial charge in [-0.3, -0.25) is 9.13 Å². The molecule has 3 aromatic heterocycles. The van der Waals surface area contributed by atoms with E-state index in [2.05, 4.69) is 108 Å². The Hall–Kier alpha value is -6.17. The molecule has 0 fully saturated rings. The highest BCUT2D eigenvalue weighted by Crippen LogP contribution is 2.50. The maximum Gasteiger partial charge on any atom is 0.140 e. The number of hydrogen-bond donors (Lipinski definition) is 0. The molecule has 0 saturated carbocycles. The second-order valence-corrected chi connectivity index (χ2v) is 12.3. The Kier molecular flexibility index (Phi) is 5.03. The van der Waals surface area contributed by atoms with Gasteiger partial charge in [-0.25, -0.2) is 4.98 Å². The fourth-order valence-electron chi connectivity index (χ4n) is 7.48. The van der Waals surface area contributed by atoms with Crippen molar-refractivity contribution in [1.29, 1.82) is 10.5 Å². The third kappa shape index (κ3) is 3.38. The van der Waals surface area contributed by atoms with Crippen molar-refractivity contribution < 1.29 is 0 Å². The molecule has 45 heavy (non-hydrogen) atoms. The molecular formula is C40H25N5. The second kappa shape index (κ2) is 8.92. The summed E-state index contributed by atoms with van der Waals surface area (Å²) in [7, 11) is 0. The minimum atomic E-state index is -0.0884. The van der Waals surface area contributed by atoms with Crippen molar-refractivity contribution in [3.63, 3.8) is 0 Å². The fraction of sp³-hybridized carbons (Fsp3) is 0.0750. The molecule has 0 atom stereocenters. The van der Waals surface area contributed by atoms with Crippen LogP contribution in [-0.4, -0.2) is 14.1 Å². The van der Waals surface area contributed by atoms with Crippen molar-refractivity contribution in [2.75, 3.05) is 0 Å². The topological polar surface area (TPSA) is 70.3 Å². The van der Waals surface area contributed by atoms with Crippen molar-refractivity contribution in [3.8, 4) is 34.9 Å². The van der Waals surface area contributed by atoms with E-state index in [1.165, 1.54) is 33.0 Å². The monoisotopic (exact) mass is 575 g/mol. The molecule has 5 heteroatoms. The van der Waals surface area contributed by atoms with Gasteiger partial charge in [-0.2, -0.15) is 10.5 Å². The van der Waals surface area contributed by atoms with Crippen LogP contribution in [0.3, 0.4) is 0 Å². The summed E-state index contributed by atoms with van der Waals surface area (Å²) >= 11 is 0. The smallest absolute Gasteiger partial charge is 0.140 e. The van der Waals surface area contributed by atoms with Crippen LogP contribution in [0.15, 0.2) is 115 Å². The lowest BCUT2D eigenvalue weighted by Crippen LogP contribution is -2.14. The Labute approximate surface area is 259 Å². The third-order valence-electron chi connectivity index (χ3n) is 9.58. The van der Waals surface area contributed by atoms with E-state index in [4.69, 9.17) is 4.98 Å². The minimum Gasteiger partial charge on any atom is -0.294 e. The number of nitrogens with zero attached hydrogens (tertiary/aromatic N) is 5. The summed E-state index contributed by atoms with van der Waals surface area (Å²) in [6, 6.07) is 44.1. The molecule has 3 heterocycles. The molecule has 5 nitrogen and oxygen atoms in total. The van der Waals surface area contributed by atoms with Gasteiger partial charge in [0.05, 0.1) is 45.3 Å². The predicted octanol–water partition coefficient (Wildman–Crippen LogP) is 9.33. The van der Waals surface area contributed by atoms with E-state index in [0.29, 0.717) is 11.1 Å². The van der Waals surface area contributed by atoms with Crippen LogP contribution in [0, 0.1) is 22.7 Å². The van der Waals surface area contributed by atoms with Crippen molar-refractivity contribution in [1.82, 2.24) is 14.1 Å². The van der Waals surface area contributed by atoms with E-state index in [1.807, 2.05) is 42.5 Å². The van der Waals surface area contributed by atoms with Crippen LogP contribution in [-0.2, 0) is 5.41 Å². The lowest BCUT2D eigenvalue weighted by atomic mass is 9.82. The van der Waals surface area contributed by atoms with Gasteiger partial charge in [-0.15, -0.1) is 0 Å². The minimum absolute atomic E-state index is 0.0884. The maximum absolute atomic E-state index is 9.63. The molecular weight excluding hydrogens is 550 g/mol. The van der Waals surface area contributed by atoms with Gasteiger partial charge >= 0.3 is 0 Å². The van der Waals surface area contributed by atoms with Gasteiger partial charge in [-0.1, -0.05) is 62.4 Å². The van der Waals surface area contributed by atoms with Crippen LogP contribution >= 0.6 is 0 Å². The molecule has 0 bridgehead atoms. The number of benzene rings is 5. The highest BCUT2D eigenvalue weighted by molar-refractivity contribution is 6.12. The molecule has 210 valence electrons. The van der Waals surface area contributed by atoms with Gasteiger partial charge < -0.3 is 0 Å². The van der Waals surface area contributed by atoms with Crippen molar-refractivity contribution in [2.24, 2.45) is 0 Å². The number of para-hydroxylation sites is 1. The Morgan fingerprint density at radius 2 is 1.09 bits per heavy atom. The first-order valence-corrected chi connectivity index (χ1v) is 15.0. The van der Waals surface area contributed by atoms with Crippen LogP contribution < -0.4 is 0 Å². The number of pyridine rings is 1. The molecule has 0 unspecified atom stereocenters. The number of hydrogen-bond acceptors (Lipinski definition) is 3. The zero-order valence-electron chi connectivity index (χ0n) is 24.7. The van der Waals surface area contributed by atoms with Gasteiger partial charge in [0, 0.05) is 27.0 Å². The fourth-order valence-corrected chi connectivity index (χ4v) is 7.48. The second-order valence-electron chi connectivity index (χ2n) is 12.3. The summed E-state index contributed by atoms with van der Waals surface area (Å²) in [5, 5.41) is 23.5. The summed E-state index contributed by atoms with van der Waals surface area (Å²) in [6.07, 6.45) is 0. The van der Waals surface area contributed by atoms with Crippen LogP contribution in [0.5, 0.6) is 0 Å². The number of rotatable bonds is 2. The van der Waals surface area contributed by atoms with E-state index >= 15 is 0 Å². The Morgan fingerprint density at radius 3 is 1.78 bits per heavy atom. The normalized spacial score (nSPS) is 13.2. The average molecular weight is 576 g/mol.